The van der Waals surface area contributed by atoms with Crippen molar-refractivity contribution < 1.29 is 14.7 Å². The maximum absolute atomic E-state index is 11.9. The first-order valence-electron chi connectivity index (χ1n) is 6.47. The normalized spacial score (nSPS) is 19.9. The molecular formula is C12H23N3O3. The van der Waals surface area contributed by atoms with Gasteiger partial charge in [0.25, 0.3) is 0 Å². The summed E-state index contributed by atoms with van der Waals surface area (Å²) in [5.74, 6) is -0.856. The molecule has 104 valence electrons. The van der Waals surface area contributed by atoms with Crippen LogP contribution < -0.4 is 11.1 Å². The number of amides is 2. The van der Waals surface area contributed by atoms with Gasteiger partial charge in [-0.1, -0.05) is 13.8 Å². The van der Waals surface area contributed by atoms with E-state index in [4.69, 9.17) is 5.73 Å². The smallest absolute Gasteiger partial charge is 0.317 e. The van der Waals surface area contributed by atoms with Crippen LogP contribution in [0.25, 0.3) is 0 Å². The topological polar surface area (TPSA) is 95.7 Å². The number of carboxylic acid groups (broad SMARTS) is 1. The van der Waals surface area contributed by atoms with Crippen LogP contribution >= 0.6 is 0 Å². The van der Waals surface area contributed by atoms with E-state index < -0.39 is 11.4 Å². The molecule has 0 aromatic heterocycles. The fourth-order valence-electron chi connectivity index (χ4n) is 2.21. The average molecular weight is 257 g/mol. The van der Waals surface area contributed by atoms with Gasteiger partial charge in [-0.15, -0.1) is 0 Å². The number of nitrogens with one attached hydrogen (secondary N) is 1. The van der Waals surface area contributed by atoms with Gasteiger partial charge in [-0.3, -0.25) is 4.79 Å². The van der Waals surface area contributed by atoms with Crippen molar-refractivity contribution in [2.24, 2.45) is 11.1 Å². The van der Waals surface area contributed by atoms with Gasteiger partial charge in [0.15, 0.2) is 0 Å². The van der Waals surface area contributed by atoms with Crippen LogP contribution in [0.15, 0.2) is 0 Å². The molecule has 6 heteroatoms. The van der Waals surface area contributed by atoms with Gasteiger partial charge in [0.1, 0.15) is 0 Å². The SMILES string of the molecule is CCC(CC)(CNC(=O)N1CCC(N)C1)C(=O)O. The summed E-state index contributed by atoms with van der Waals surface area (Å²) in [7, 11) is 0. The number of likely N-dealkylation sites (tertiary alicyclic amines) is 1. The predicted octanol–water partition coefficient (Wildman–Crippen LogP) is 0.620. The van der Waals surface area contributed by atoms with Crippen LogP contribution in [-0.4, -0.2) is 47.7 Å². The number of nitrogens with two attached hydrogens (primary N) is 1. The van der Waals surface area contributed by atoms with E-state index in [0.717, 1.165) is 6.42 Å². The Bertz CT molecular complexity index is 316. The molecule has 1 aliphatic rings. The number of nitrogens with zero attached hydrogens (tertiary/aromatic N) is 1. The fraction of sp³-hybridized carbons (Fsp3) is 0.833. The molecular weight excluding hydrogens is 234 g/mol. The molecule has 0 saturated carbocycles. The first-order valence-corrected chi connectivity index (χ1v) is 6.47. The Morgan fingerprint density at radius 2 is 2.06 bits per heavy atom. The third-order valence-electron chi connectivity index (χ3n) is 3.90. The lowest BCUT2D eigenvalue weighted by molar-refractivity contribution is -0.149. The molecule has 0 aromatic carbocycles. The van der Waals surface area contributed by atoms with E-state index in [1.54, 1.807) is 4.90 Å². The maximum Gasteiger partial charge on any atom is 0.317 e. The highest BCUT2D eigenvalue weighted by Gasteiger charge is 2.36. The zero-order valence-corrected chi connectivity index (χ0v) is 11.1. The third kappa shape index (κ3) is 3.13. The Balaban J connectivity index is 2.52. The van der Waals surface area contributed by atoms with Gasteiger partial charge in [0.2, 0.25) is 0 Å². The van der Waals surface area contributed by atoms with Crippen LogP contribution in [0.1, 0.15) is 33.1 Å². The molecule has 0 spiro atoms. The number of urea groups is 1. The largest absolute Gasteiger partial charge is 0.481 e. The van der Waals surface area contributed by atoms with Crippen LogP contribution in [0.5, 0.6) is 0 Å². The molecule has 6 nitrogen and oxygen atoms in total. The summed E-state index contributed by atoms with van der Waals surface area (Å²) < 4.78 is 0. The highest BCUT2D eigenvalue weighted by Crippen LogP contribution is 2.25. The fourth-order valence-corrected chi connectivity index (χ4v) is 2.21. The van der Waals surface area contributed by atoms with Crippen molar-refractivity contribution in [1.82, 2.24) is 10.2 Å². The van der Waals surface area contributed by atoms with Gasteiger partial charge < -0.3 is 21.1 Å². The molecule has 0 aliphatic carbocycles. The molecule has 0 radical (unpaired) electrons. The molecule has 1 atom stereocenters. The lowest BCUT2D eigenvalue weighted by Crippen LogP contribution is -2.47. The summed E-state index contributed by atoms with van der Waals surface area (Å²) in [6.45, 7) is 5.01. The van der Waals surface area contributed by atoms with Gasteiger partial charge in [0, 0.05) is 25.7 Å². The van der Waals surface area contributed by atoms with E-state index in [9.17, 15) is 14.7 Å². The van der Waals surface area contributed by atoms with E-state index in [-0.39, 0.29) is 18.6 Å². The second-order valence-corrected chi connectivity index (χ2v) is 4.95. The Kier molecular flexibility index (Phi) is 4.95. The number of carbonyl (C=O) groups excluding carboxylic acids is 1. The molecule has 0 bridgehead atoms. The van der Waals surface area contributed by atoms with Crippen LogP contribution in [0.2, 0.25) is 0 Å². The zero-order chi connectivity index (χ0) is 13.8. The standard InChI is InChI=1S/C12H23N3O3/c1-3-12(4-2,10(16)17)8-14-11(18)15-6-5-9(13)7-15/h9H,3-8,13H2,1-2H3,(H,14,18)(H,16,17). The summed E-state index contributed by atoms with van der Waals surface area (Å²) in [6, 6.07) is -0.173. The lowest BCUT2D eigenvalue weighted by atomic mass is 9.82. The number of hydrogen-bond acceptors (Lipinski definition) is 3. The minimum Gasteiger partial charge on any atom is -0.481 e. The van der Waals surface area contributed by atoms with Crippen molar-refractivity contribution in [2.45, 2.75) is 39.2 Å². The third-order valence-corrected chi connectivity index (χ3v) is 3.90. The average Bonchev–Trinajstić information content (AvgIpc) is 2.77. The Labute approximate surface area is 108 Å². The van der Waals surface area contributed by atoms with Gasteiger partial charge in [-0.05, 0) is 19.3 Å². The molecule has 1 rings (SSSR count). The molecule has 4 N–H and O–H groups in total. The van der Waals surface area contributed by atoms with Crippen molar-refractivity contribution in [3.63, 3.8) is 0 Å². The van der Waals surface area contributed by atoms with Crippen molar-refractivity contribution in [3.05, 3.63) is 0 Å². The number of carboxylic acids is 1. The van der Waals surface area contributed by atoms with E-state index in [0.29, 0.717) is 25.9 Å². The number of hydrogen-bond donors (Lipinski definition) is 3. The van der Waals surface area contributed by atoms with Crippen molar-refractivity contribution in [1.29, 1.82) is 0 Å². The maximum atomic E-state index is 11.9. The molecule has 1 heterocycles. The van der Waals surface area contributed by atoms with E-state index in [1.165, 1.54) is 0 Å². The second kappa shape index (κ2) is 6.04. The Morgan fingerprint density at radius 1 is 1.44 bits per heavy atom. The molecule has 18 heavy (non-hydrogen) atoms. The molecule has 1 fully saturated rings. The van der Waals surface area contributed by atoms with Crippen LogP contribution in [0.3, 0.4) is 0 Å². The Morgan fingerprint density at radius 3 is 2.44 bits per heavy atom. The van der Waals surface area contributed by atoms with Gasteiger partial charge in [-0.25, -0.2) is 4.79 Å². The van der Waals surface area contributed by atoms with Crippen molar-refractivity contribution in [2.75, 3.05) is 19.6 Å². The highest BCUT2D eigenvalue weighted by atomic mass is 16.4. The van der Waals surface area contributed by atoms with Gasteiger partial charge >= 0.3 is 12.0 Å². The number of rotatable bonds is 5. The molecule has 0 aromatic rings. The minimum atomic E-state index is -0.864. The first-order chi connectivity index (χ1) is 8.45. The summed E-state index contributed by atoms with van der Waals surface area (Å²) in [5, 5.41) is 12.0. The van der Waals surface area contributed by atoms with E-state index in [1.807, 2.05) is 13.8 Å². The first kappa shape index (κ1) is 14.8. The zero-order valence-electron chi connectivity index (χ0n) is 11.1. The number of aliphatic carboxylic acids is 1. The molecule has 1 unspecified atom stereocenters. The van der Waals surface area contributed by atoms with Crippen LogP contribution in [-0.2, 0) is 4.79 Å². The summed E-state index contributed by atoms with van der Waals surface area (Å²) in [4.78, 5) is 24.8. The van der Waals surface area contributed by atoms with E-state index >= 15 is 0 Å². The Hall–Kier alpha value is -1.30. The molecule has 2 amide bonds. The second-order valence-electron chi connectivity index (χ2n) is 4.95. The van der Waals surface area contributed by atoms with Crippen LogP contribution in [0.4, 0.5) is 4.79 Å². The van der Waals surface area contributed by atoms with Crippen LogP contribution in [0, 0.1) is 5.41 Å². The van der Waals surface area contributed by atoms with E-state index in [2.05, 4.69) is 5.32 Å². The summed E-state index contributed by atoms with van der Waals surface area (Å²) in [5.41, 5.74) is 4.87. The number of carbonyl (C=O) groups is 2. The van der Waals surface area contributed by atoms with Crippen molar-refractivity contribution in [3.8, 4) is 0 Å². The summed E-state index contributed by atoms with van der Waals surface area (Å²) in [6.07, 6.45) is 1.80. The van der Waals surface area contributed by atoms with Crippen molar-refractivity contribution >= 4 is 12.0 Å². The molecule has 1 aliphatic heterocycles. The monoisotopic (exact) mass is 257 g/mol. The molecule has 1 saturated heterocycles. The van der Waals surface area contributed by atoms with Gasteiger partial charge in [0.05, 0.1) is 5.41 Å². The minimum absolute atomic E-state index is 0.0392. The quantitative estimate of drug-likeness (QED) is 0.672. The predicted molar refractivity (Wildman–Crippen MR) is 68.2 cm³/mol. The lowest BCUT2D eigenvalue weighted by Gasteiger charge is -2.28. The highest BCUT2D eigenvalue weighted by molar-refractivity contribution is 5.78. The summed E-state index contributed by atoms with van der Waals surface area (Å²) >= 11 is 0. The van der Waals surface area contributed by atoms with Gasteiger partial charge in [-0.2, -0.15) is 0 Å².